The first kappa shape index (κ1) is 24.1. The number of piperazine rings is 1. The van der Waals surface area contributed by atoms with Crippen molar-refractivity contribution in [2.24, 2.45) is 0 Å². The number of ether oxygens (including phenoxy) is 1. The molecule has 0 aliphatic carbocycles. The number of epoxide rings is 1. The summed E-state index contributed by atoms with van der Waals surface area (Å²) in [6.07, 6.45) is 3.67. The van der Waals surface area contributed by atoms with Crippen molar-refractivity contribution >= 4 is 27.8 Å². The Balaban J connectivity index is 1.05. The number of thiazole rings is 1. The number of aromatic nitrogens is 2. The van der Waals surface area contributed by atoms with Gasteiger partial charge in [0, 0.05) is 67.4 Å². The van der Waals surface area contributed by atoms with Crippen LogP contribution in [0.1, 0.15) is 22.8 Å². The minimum absolute atomic E-state index is 0.0175. The molecular formula is C29H32N6OS. The number of nitrogens with zero attached hydrogens (tertiary/aromatic N) is 4. The van der Waals surface area contributed by atoms with Crippen molar-refractivity contribution in [1.82, 2.24) is 19.8 Å². The van der Waals surface area contributed by atoms with E-state index < -0.39 is 0 Å². The molecule has 2 aromatic carbocycles. The van der Waals surface area contributed by atoms with Gasteiger partial charge in [0.1, 0.15) is 6.10 Å². The van der Waals surface area contributed by atoms with Gasteiger partial charge in [-0.05, 0) is 54.9 Å². The Labute approximate surface area is 222 Å². The smallest absolute Gasteiger partial charge is 0.187 e. The summed E-state index contributed by atoms with van der Waals surface area (Å²) in [6, 6.07) is 19.2. The lowest BCUT2D eigenvalue weighted by atomic mass is 10.1. The molecule has 0 saturated carbocycles. The molecule has 2 fully saturated rings. The highest BCUT2D eigenvalue weighted by atomic mass is 32.1. The number of pyridine rings is 1. The largest absolute Gasteiger partial charge is 0.358 e. The number of hydrogen-bond donors (Lipinski definition) is 2. The third-order valence-corrected chi connectivity index (χ3v) is 7.81. The van der Waals surface area contributed by atoms with Crippen molar-refractivity contribution in [3.8, 4) is 11.3 Å². The van der Waals surface area contributed by atoms with Gasteiger partial charge in [0.2, 0.25) is 0 Å². The summed E-state index contributed by atoms with van der Waals surface area (Å²) in [7, 11) is 2.20. The van der Waals surface area contributed by atoms with Gasteiger partial charge in [0.15, 0.2) is 11.4 Å². The predicted molar refractivity (Wildman–Crippen MR) is 150 cm³/mol. The molecule has 0 bridgehead atoms. The summed E-state index contributed by atoms with van der Waals surface area (Å²) in [5, 5.41) is 9.92. The van der Waals surface area contributed by atoms with Crippen molar-refractivity contribution < 1.29 is 4.74 Å². The first-order valence-corrected chi connectivity index (χ1v) is 13.6. The van der Waals surface area contributed by atoms with Gasteiger partial charge < -0.3 is 20.3 Å². The van der Waals surface area contributed by atoms with E-state index in [4.69, 9.17) is 9.72 Å². The van der Waals surface area contributed by atoms with E-state index in [-0.39, 0.29) is 12.3 Å². The first-order chi connectivity index (χ1) is 18.1. The molecule has 2 aromatic heterocycles. The van der Waals surface area contributed by atoms with Gasteiger partial charge in [-0.25, -0.2) is 4.98 Å². The van der Waals surface area contributed by atoms with Gasteiger partial charge in [0.25, 0.3) is 0 Å². The second kappa shape index (κ2) is 10.6. The van der Waals surface area contributed by atoms with Crippen molar-refractivity contribution in [2.45, 2.75) is 25.8 Å². The zero-order valence-corrected chi connectivity index (χ0v) is 22.0. The van der Waals surface area contributed by atoms with E-state index in [0.29, 0.717) is 0 Å². The molecule has 0 radical (unpaired) electrons. The van der Waals surface area contributed by atoms with E-state index in [1.54, 1.807) is 17.5 Å². The summed E-state index contributed by atoms with van der Waals surface area (Å²) < 4.78 is 5.99. The van der Waals surface area contributed by atoms with Crippen LogP contribution in [0.3, 0.4) is 0 Å². The summed E-state index contributed by atoms with van der Waals surface area (Å²) in [6.45, 7) is 7.68. The second-order valence-corrected chi connectivity index (χ2v) is 10.7. The van der Waals surface area contributed by atoms with Gasteiger partial charge in [-0.15, -0.1) is 11.3 Å². The lowest BCUT2D eigenvalue weighted by molar-refractivity contribution is 0.148. The van der Waals surface area contributed by atoms with E-state index >= 15 is 0 Å². The number of nitrogens with one attached hydrogen (secondary N) is 2. The molecular weight excluding hydrogens is 480 g/mol. The molecule has 37 heavy (non-hydrogen) atoms. The predicted octanol–water partition coefficient (Wildman–Crippen LogP) is 5.51. The Morgan fingerprint density at radius 3 is 2.68 bits per heavy atom. The second-order valence-electron chi connectivity index (χ2n) is 9.88. The van der Waals surface area contributed by atoms with Crippen LogP contribution in [0.4, 0.5) is 16.5 Å². The molecule has 2 unspecified atom stereocenters. The van der Waals surface area contributed by atoms with Gasteiger partial charge in [0.05, 0.1) is 5.69 Å². The maximum Gasteiger partial charge on any atom is 0.187 e. The average molecular weight is 513 g/mol. The Morgan fingerprint density at radius 2 is 1.89 bits per heavy atom. The minimum Gasteiger partial charge on any atom is -0.358 e. The highest BCUT2D eigenvalue weighted by Crippen LogP contribution is 2.40. The fraction of sp³-hybridized carbons (Fsp3) is 0.310. The van der Waals surface area contributed by atoms with E-state index in [0.717, 1.165) is 66.1 Å². The van der Waals surface area contributed by atoms with Crippen LogP contribution in [0.2, 0.25) is 0 Å². The molecule has 2 saturated heterocycles. The third kappa shape index (κ3) is 5.83. The summed E-state index contributed by atoms with van der Waals surface area (Å²) in [5.74, 6) is 0. The van der Waals surface area contributed by atoms with Crippen LogP contribution in [0.15, 0.2) is 72.4 Å². The Kier molecular flexibility index (Phi) is 6.89. The zero-order chi connectivity index (χ0) is 25.2. The van der Waals surface area contributed by atoms with E-state index in [2.05, 4.69) is 87.2 Å². The van der Waals surface area contributed by atoms with Crippen molar-refractivity contribution in [3.63, 3.8) is 0 Å². The fourth-order valence-corrected chi connectivity index (χ4v) is 5.39. The van der Waals surface area contributed by atoms with Crippen LogP contribution >= 0.6 is 11.3 Å². The lowest BCUT2D eigenvalue weighted by Gasteiger charge is -2.32. The number of benzene rings is 2. The number of rotatable bonds is 8. The Hall–Kier alpha value is -3.30. The van der Waals surface area contributed by atoms with Gasteiger partial charge in [-0.1, -0.05) is 30.3 Å². The van der Waals surface area contributed by atoms with Gasteiger partial charge >= 0.3 is 0 Å². The van der Waals surface area contributed by atoms with Crippen molar-refractivity contribution in [1.29, 1.82) is 0 Å². The first-order valence-electron chi connectivity index (χ1n) is 12.8. The van der Waals surface area contributed by atoms with Crippen LogP contribution in [0.25, 0.3) is 11.3 Å². The molecule has 190 valence electrons. The molecule has 4 heterocycles. The number of hydrogen-bond acceptors (Lipinski definition) is 8. The van der Waals surface area contributed by atoms with E-state index in [1.165, 1.54) is 11.1 Å². The maximum atomic E-state index is 5.99. The van der Waals surface area contributed by atoms with E-state index in [1.807, 2.05) is 18.3 Å². The van der Waals surface area contributed by atoms with Crippen molar-refractivity contribution in [2.75, 3.05) is 43.9 Å². The summed E-state index contributed by atoms with van der Waals surface area (Å²) in [4.78, 5) is 13.8. The Bertz CT molecular complexity index is 1330. The van der Waals surface area contributed by atoms with Crippen LogP contribution in [0, 0.1) is 6.92 Å². The monoisotopic (exact) mass is 512 g/mol. The van der Waals surface area contributed by atoms with Crippen LogP contribution in [-0.2, 0) is 11.3 Å². The normalized spacial score (nSPS) is 20.1. The van der Waals surface area contributed by atoms with Crippen molar-refractivity contribution in [3.05, 3.63) is 89.1 Å². The quantitative estimate of drug-likeness (QED) is 0.302. The minimum atomic E-state index is -0.0175. The number of anilines is 3. The maximum absolute atomic E-state index is 5.99. The van der Waals surface area contributed by atoms with Crippen LogP contribution < -0.4 is 10.6 Å². The molecule has 4 aromatic rings. The third-order valence-electron chi connectivity index (χ3n) is 7.05. The van der Waals surface area contributed by atoms with Crippen LogP contribution in [0.5, 0.6) is 0 Å². The van der Waals surface area contributed by atoms with E-state index in [9.17, 15) is 0 Å². The Morgan fingerprint density at radius 1 is 1.05 bits per heavy atom. The molecule has 2 aliphatic heterocycles. The summed E-state index contributed by atoms with van der Waals surface area (Å²) >= 11 is 1.59. The highest BCUT2D eigenvalue weighted by molar-refractivity contribution is 7.14. The molecule has 7 nitrogen and oxygen atoms in total. The fourth-order valence-electron chi connectivity index (χ4n) is 4.66. The molecule has 0 amide bonds. The lowest BCUT2D eigenvalue weighted by Crippen LogP contribution is -2.43. The SMILES string of the molecule is Cc1ccc(NC2OC2c2ccc(CN3CCN(C)CC3)cc2)cc1Nc1nc(-c2cccnc2)cs1. The molecule has 2 atom stereocenters. The molecule has 2 N–H and O–H groups in total. The number of aryl methyl sites for hydroxylation is 1. The van der Waals surface area contributed by atoms with Gasteiger partial charge in [-0.2, -0.15) is 0 Å². The average Bonchev–Trinajstić information content (AvgIpc) is 3.53. The molecule has 0 spiro atoms. The molecule has 8 heteroatoms. The summed E-state index contributed by atoms with van der Waals surface area (Å²) in [5.41, 5.74) is 7.74. The van der Waals surface area contributed by atoms with Crippen LogP contribution in [-0.4, -0.2) is 59.2 Å². The molecule has 6 rings (SSSR count). The van der Waals surface area contributed by atoms with Gasteiger partial charge in [-0.3, -0.25) is 9.88 Å². The highest BCUT2D eigenvalue weighted by Gasteiger charge is 2.40. The number of likely N-dealkylation sites (N-methyl/N-ethyl adjacent to an activating group) is 1. The topological polar surface area (TPSA) is 68.8 Å². The standard InChI is InChI=1S/C29H32N6OS/c1-20-5-10-24(16-25(20)32-29-33-26(19-37-29)23-4-3-11-30-17-23)31-28-27(36-28)22-8-6-21(7-9-22)18-35-14-12-34(2)13-15-35/h3-11,16-17,19,27-28,31H,12-15,18H2,1-2H3,(H,32,33). The molecule has 2 aliphatic rings. The zero-order valence-electron chi connectivity index (χ0n) is 21.2.